The Morgan fingerprint density at radius 3 is 2.88 bits per heavy atom. The monoisotopic (exact) mass is 324 g/mol. The zero-order valence-electron chi connectivity index (χ0n) is 13.3. The average Bonchev–Trinajstić information content (AvgIpc) is 2.61. The second kappa shape index (κ2) is 5.74. The van der Waals surface area contributed by atoms with Crippen molar-refractivity contribution in [1.29, 1.82) is 0 Å². The molecule has 4 rings (SSSR count). The Bertz CT molecular complexity index is 847. The fourth-order valence-corrected chi connectivity index (χ4v) is 3.67. The van der Waals surface area contributed by atoms with Crippen molar-refractivity contribution in [2.45, 2.75) is 18.9 Å². The van der Waals surface area contributed by atoms with E-state index >= 15 is 0 Å². The normalized spacial score (nSPS) is 22.1. The van der Waals surface area contributed by atoms with Crippen LogP contribution in [-0.4, -0.2) is 18.9 Å². The molecule has 1 aliphatic carbocycles. The lowest BCUT2D eigenvalue weighted by Gasteiger charge is -2.36. The number of aliphatic imine (C=N–C) groups is 1. The number of carbonyl (C=O) groups is 1. The molecule has 1 N–H and O–H groups in total. The Kier molecular flexibility index (Phi) is 3.56. The number of benzene rings is 2. The van der Waals surface area contributed by atoms with Crippen LogP contribution in [0.1, 0.15) is 29.2 Å². The topological polar surface area (TPSA) is 50.7 Å². The quantitative estimate of drug-likeness (QED) is 0.917. The maximum Gasteiger partial charge on any atom is 0.341 e. The number of aryl methyl sites for hydroxylation is 1. The fraction of sp³-hybridized carbons (Fsp3) is 0.263. The second-order valence-corrected chi connectivity index (χ2v) is 6.12. The summed E-state index contributed by atoms with van der Waals surface area (Å²) in [5.74, 6) is -0.182. The Hall–Kier alpha value is -2.69. The maximum absolute atomic E-state index is 14.1. The van der Waals surface area contributed by atoms with E-state index in [-0.39, 0.29) is 23.7 Å². The van der Waals surface area contributed by atoms with Gasteiger partial charge in [0.2, 0.25) is 0 Å². The molecule has 2 aromatic carbocycles. The standard InChI is InChI=1S/C19H17FN2O2/c1-24-16-9-7-12(10-15(16)20)17-14-8-6-11-4-2-3-5-13(11)18(14)22-19(23)21-17/h2-5,7,9-10,14,17H,6,8H2,1H3,(H,21,23). The third kappa shape index (κ3) is 2.37. The SMILES string of the molecule is COc1ccc(C2NC(=O)N=C3c4ccccc4CCC32)cc1F. The number of methoxy groups -OCH3 is 1. The molecular formula is C19H17FN2O2. The van der Waals surface area contributed by atoms with Gasteiger partial charge in [-0.2, -0.15) is 4.99 Å². The number of nitrogens with one attached hydrogen (secondary N) is 1. The Balaban J connectivity index is 1.76. The number of rotatable bonds is 2. The van der Waals surface area contributed by atoms with Gasteiger partial charge >= 0.3 is 6.03 Å². The number of hydrogen-bond donors (Lipinski definition) is 1. The largest absolute Gasteiger partial charge is 0.494 e. The summed E-state index contributed by atoms with van der Waals surface area (Å²) in [4.78, 5) is 16.3. The third-order valence-corrected chi connectivity index (χ3v) is 4.81. The van der Waals surface area contributed by atoms with Gasteiger partial charge in [0.05, 0.1) is 18.9 Å². The number of hydrogen-bond acceptors (Lipinski definition) is 2. The molecule has 0 radical (unpaired) electrons. The van der Waals surface area contributed by atoms with Gasteiger partial charge in [0.1, 0.15) is 0 Å². The molecular weight excluding hydrogens is 307 g/mol. The van der Waals surface area contributed by atoms with Crippen LogP contribution < -0.4 is 10.1 Å². The minimum Gasteiger partial charge on any atom is -0.494 e. The molecule has 2 aromatic rings. The molecule has 1 heterocycles. The number of urea groups is 1. The molecule has 24 heavy (non-hydrogen) atoms. The molecule has 0 aromatic heterocycles. The van der Waals surface area contributed by atoms with Gasteiger partial charge in [-0.1, -0.05) is 30.3 Å². The molecule has 4 nitrogen and oxygen atoms in total. The summed E-state index contributed by atoms with van der Waals surface area (Å²) in [5, 5.41) is 2.89. The van der Waals surface area contributed by atoms with Crippen LogP contribution in [0.4, 0.5) is 9.18 Å². The zero-order valence-corrected chi connectivity index (χ0v) is 13.3. The van der Waals surface area contributed by atoms with Crippen LogP contribution in [0.2, 0.25) is 0 Å². The van der Waals surface area contributed by atoms with Crippen LogP contribution in [0.25, 0.3) is 0 Å². The smallest absolute Gasteiger partial charge is 0.341 e. The highest BCUT2D eigenvalue weighted by Gasteiger charge is 2.37. The van der Waals surface area contributed by atoms with E-state index in [1.807, 2.05) is 18.2 Å². The fourth-order valence-electron chi connectivity index (χ4n) is 3.67. The van der Waals surface area contributed by atoms with E-state index in [0.717, 1.165) is 29.7 Å². The van der Waals surface area contributed by atoms with Crippen molar-refractivity contribution in [3.05, 3.63) is 65.0 Å². The van der Waals surface area contributed by atoms with E-state index < -0.39 is 5.82 Å². The predicted molar refractivity (Wildman–Crippen MR) is 89.0 cm³/mol. The number of ether oxygens (including phenoxy) is 1. The number of amides is 2. The summed E-state index contributed by atoms with van der Waals surface area (Å²) in [5.41, 5.74) is 3.78. The molecule has 2 atom stereocenters. The zero-order chi connectivity index (χ0) is 16.7. The lowest BCUT2D eigenvalue weighted by molar-refractivity contribution is 0.239. The first-order valence-electron chi connectivity index (χ1n) is 7.98. The Morgan fingerprint density at radius 2 is 2.08 bits per heavy atom. The minimum atomic E-state index is -0.426. The Morgan fingerprint density at radius 1 is 1.25 bits per heavy atom. The molecule has 5 heteroatoms. The predicted octanol–water partition coefficient (Wildman–Crippen LogP) is 3.65. The highest BCUT2D eigenvalue weighted by Crippen LogP contribution is 2.37. The first-order chi connectivity index (χ1) is 11.7. The Labute approximate surface area is 139 Å². The van der Waals surface area contributed by atoms with E-state index in [1.165, 1.54) is 18.7 Å². The van der Waals surface area contributed by atoms with Crippen molar-refractivity contribution < 1.29 is 13.9 Å². The maximum atomic E-state index is 14.1. The van der Waals surface area contributed by atoms with E-state index in [4.69, 9.17) is 4.74 Å². The van der Waals surface area contributed by atoms with Crippen LogP contribution in [0.15, 0.2) is 47.5 Å². The first-order valence-corrected chi connectivity index (χ1v) is 7.98. The number of carbonyl (C=O) groups excluding carboxylic acids is 1. The summed E-state index contributed by atoms with van der Waals surface area (Å²) in [6, 6.07) is 12.2. The molecule has 0 spiro atoms. The lowest BCUT2D eigenvalue weighted by atomic mass is 9.75. The first kappa shape index (κ1) is 14.9. The van der Waals surface area contributed by atoms with Crippen LogP contribution in [-0.2, 0) is 6.42 Å². The van der Waals surface area contributed by atoms with Gasteiger partial charge in [0.15, 0.2) is 11.6 Å². The van der Waals surface area contributed by atoms with Gasteiger partial charge in [-0.05, 0) is 41.7 Å². The van der Waals surface area contributed by atoms with Gasteiger partial charge in [-0.25, -0.2) is 9.18 Å². The molecule has 0 saturated heterocycles. The third-order valence-electron chi connectivity index (χ3n) is 4.81. The molecule has 2 unspecified atom stereocenters. The van der Waals surface area contributed by atoms with Gasteiger partial charge < -0.3 is 10.1 Å². The molecule has 2 aliphatic rings. The number of halogens is 1. The van der Waals surface area contributed by atoms with Crippen molar-refractivity contribution in [2.24, 2.45) is 10.9 Å². The number of nitrogens with zero attached hydrogens (tertiary/aromatic N) is 1. The molecule has 2 amide bonds. The lowest BCUT2D eigenvalue weighted by Crippen LogP contribution is -2.43. The molecule has 0 fully saturated rings. The van der Waals surface area contributed by atoms with Crippen molar-refractivity contribution in [3.8, 4) is 5.75 Å². The van der Waals surface area contributed by atoms with Gasteiger partial charge in [0.25, 0.3) is 0 Å². The summed E-state index contributed by atoms with van der Waals surface area (Å²) in [6.45, 7) is 0. The number of fused-ring (bicyclic) bond motifs is 3. The summed E-state index contributed by atoms with van der Waals surface area (Å²) in [7, 11) is 1.43. The van der Waals surface area contributed by atoms with Crippen LogP contribution in [0.3, 0.4) is 0 Å². The van der Waals surface area contributed by atoms with E-state index in [0.29, 0.717) is 0 Å². The summed E-state index contributed by atoms with van der Waals surface area (Å²) >= 11 is 0. The van der Waals surface area contributed by atoms with Crippen LogP contribution >= 0.6 is 0 Å². The average molecular weight is 324 g/mol. The van der Waals surface area contributed by atoms with Crippen molar-refractivity contribution >= 4 is 11.7 Å². The second-order valence-electron chi connectivity index (χ2n) is 6.12. The van der Waals surface area contributed by atoms with E-state index in [2.05, 4.69) is 16.4 Å². The van der Waals surface area contributed by atoms with Crippen molar-refractivity contribution in [3.63, 3.8) is 0 Å². The van der Waals surface area contributed by atoms with Crippen LogP contribution in [0, 0.1) is 11.7 Å². The molecule has 1 aliphatic heterocycles. The van der Waals surface area contributed by atoms with Gasteiger partial charge in [0, 0.05) is 5.92 Å². The van der Waals surface area contributed by atoms with E-state index in [1.54, 1.807) is 12.1 Å². The van der Waals surface area contributed by atoms with E-state index in [9.17, 15) is 9.18 Å². The molecule has 0 bridgehead atoms. The van der Waals surface area contributed by atoms with Gasteiger partial charge in [-0.15, -0.1) is 0 Å². The van der Waals surface area contributed by atoms with Gasteiger partial charge in [-0.3, -0.25) is 0 Å². The molecule has 122 valence electrons. The summed E-state index contributed by atoms with van der Waals surface area (Å²) in [6.07, 6.45) is 1.79. The minimum absolute atomic E-state index is 0.0467. The molecule has 0 saturated carbocycles. The van der Waals surface area contributed by atoms with Crippen LogP contribution in [0.5, 0.6) is 5.75 Å². The highest BCUT2D eigenvalue weighted by molar-refractivity contribution is 6.11. The van der Waals surface area contributed by atoms with Crippen molar-refractivity contribution in [1.82, 2.24) is 5.32 Å². The highest BCUT2D eigenvalue weighted by atomic mass is 19.1. The van der Waals surface area contributed by atoms with Crippen molar-refractivity contribution in [2.75, 3.05) is 7.11 Å². The summed E-state index contributed by atoms with van der Waals surface area (Å²) < 4.78 is 19.1.